The number of amides is 2. The van der Waals surface area contributed by atoms with Gasteiger partial charge in [0.1, 0.15) is 5.82 Å². The Hall–Kier alpha value is -2.70. The molecule has 3 aromatic rings. The van der Waals surface area contributed by atoms with Crippen molar-refractivity contribution >= 4 is 46.1 Å². The number of carbonyl (C=O) groups excluding carboxylic acids is 2. The van der Waals surface area contributed by atoms with E-state index >= 15 is 0 Å². The lowest BCUT2D eigenvalue weighted by molar-refractivity contribution is 0.0986. The van der Waals surface area contributed by atoms with Crippen molar-refractivity contribution in [2.24, 2.45) is 0 Å². The van der Waals surface area contributed by atoms with E-state index in [1.165, 1.54) is 35.6 Å². The van der Waals surface area contributed by atoms with Crippen LogP contribution in [0.25, 0.3) is 0 Å². The minimum Gasteiger partial charge on any atom is -0.321 e. The van der Waals surface area contributed by atoms with E-state index in [2.05, 4.69) is 5.32 Å². The number of thiophene rings is 1. The monoisotopic (exact) mass is 400 g/mol. The molecule has 4 nitrogen and oxygen atoms in total. The van der Waals surface area contributed by atoms with Crippen LogP contribution in [-0.4, -0.2) is 18.4 Å². The van der Waals surface area contributed by atoms with E-state index in [4.69, 9.17) is 11.6 Å². The number of halogens is 2. The zero-order valence-corrected chi connectivity index (χ0v) is 15.6. The average Bonchev–Trinajstić information content (AvgIpc) is 3.24. The molecule has 0 spiro atoms. The van der Waals surface area contributed by atoms with Crippen LogP contribution in [-0.2, 0) is 6.42 Å². The molecular formula is C20H14ClFN2O2S. The lowest BCUT2D eigenvalue weighted by Gasteiger charge is -2.16. The molecule has 2 heterocycles. The van der Waals surface area contributed by atoms with E-state index in [9.17, 15) is 14.0 Å². The number of hydrogen-bond acceptors (Lipinski definition) is 3. The van der Waals surface area contributed by atoms with Crippen molar-refractivity contribution in [3.05, 3.63) is 80.8 Å². The second kappa shape index (κ2) is 7.13. The number of hydrogen-bond donors (Lipinski definition) is 1. The number of carbonyl (C=O) groups is 2. The number of fused-ring (bicyclic) bond motifs is 1. The van der Waals surface area contributed by atoms with E-state index in [1.807, 2.05) is 0 Å². The quantitative estimate of drug-likeness (QED) is 0.672. The Morgan fingerprint density at radius 3 is 2.48 bits per heavy atom. The Kier molecular flexibility index (Phi) is 4.68. The van der Waals surface area contributed by atoms with Crippen molar-refractivity contribution in [2.45, 2.75) is 6.42 Å². The van der Waals surface area contributed by atoms with Crippen LogP contribution in [0.15, 0.2) is 54.6 Å². The Morgan fingerprint density at radius 1 is 1.07 bits per heavy atom. The highest BCUT2D eigenvalue weighted by atomic mass is 35.5. The van der Waals surface area contributed by atoms with Gasteiger partial charge >= 0.3 is 0 Å². The fraction of sp³-hybridized carbons (Fsp3) is 0.100. The van der Waals surface area contributed by atoms with Crippen LogP contribution in [0, 0.1) is 5.82 Å². The van der Waals surface area contributed by atoms with E-state index in [0.717, 1.165) is 10.6 Å². The maximum Gasteiger partial charge on any atom is 0.265 e. The topological polar surface area (TPSA) is 49.4 Å². The van der Waals surface area contributed by atoms with Crippen molar-refractivity contribution in [1.82, 2.24) is 0 Å². The zero-order chi connectivity index (χ0) is 19.0. The molecule has 4 rings (SSSR count). The Bertz CT molecular complexity index is 1020. The Morgan fingerprint density at radius 2 is 1.78 bits per heavy atom. The molecule has 0 aliphatic carbocycles. The van der Waals surface area contributed by atoms with Gasteiger partial charge in [-0.25, -0.2) is 4.39 Å². The summed E-state index contributed by atoms with van der Waals surface area (Å²) in [4.78, 5) is 28.4. The molecule has 0 fully saturated rings. The number of benzene rings is 2. The maximum atomic E-state index is 13.1. The van der Waals surface area contributed by atoms with Crippen LogP contribution in [0.2, 0.25) is 5.02 Å². The molecule has 1 N–H and O–H groups in total. The highest BCUT2D eigenvalue weighted by molar-refractivity contribution is 7.14. The summed E-state index contributed by atoms with van der Waals surface area (Å²) in [7, 11) is 0. The van der Waals surface area contributed by atoms with Gasteiger partial charge < -0.3 is 10.2 Å². The van der Waals surface area contributed by atoms with Crippen LogP contribution in [0.5, 0.6) is 0 Å². The summed E-state index contributed by atoms with van der Waals surface area (Å²) >= 11 is 7.23. The van der Waals surface area contributed by atoms with E-state index in [1.54, 1.807) is 35.2 Å². The summed E-state index contributed by atoms with van der Waals surface area (Å²) in [5, 5.41) is 3.42. The first-order valence-electron chi connectivity index (χ1n) is 8.28. The van der Waals surface area contributed by atoms with Crippen LogP contribution in [0.3, 0.4) is 0 Å². The molecule has 1 aliphatic heterocycles. The molecule has 136 valence electrons. The molecule has 0 atom stereocenters. The highest BCUT2D eigenvalue weighted by Crippen LogP contribution is 2.37. The molecule has 0 saturated carbocycles. The SMILES string of the molecule is O=C(Nc1ccc(Cl)cc1)c1cc2c(s1)CCN2C(=O)c1ccc(F)cc1. The third-order valence-electron chi connectivity index (χ3n) is 4.30. The minimum atomic E-state index is -0.384. The highest BCUT2D eigenvalue weighted by Gasteiger charge is 2.29. The Labute approximate surface area is 164 Å². The molecule has 27 heavy (non-hydrogen) atoms. The summed E-state index contributed by atoms with van der Waals surface area (Å²) in [5.41, 5.74) is 1.82. The number of nitrogens with zero attached hydrogens (tertiary/aromatic N) is 1. The second-order valence-electron chi connectivity index (χ2n) is 6.09. The third-order valence-corrected chi connectivity index (χ3v) is 5.74. The van der Waals surface area contributed by atoms with Gasteiger partial charge in [-0.05, 0) is 54.6 Å². The lowest BCUT2D eigenvalue weighted by Crippen LogP contribution is -2.28. The van der Waals surface area contributed by atoms with Gasteiger partial charge in [-0.2, -0.15) is 0 Å². The third kappa shape index (κ3) is 3.59. The summed E-state index contributed by atoms with van der Waals surface area (Å²) in [5.74, 6) is -0.813. The minimum absolute atomic E-state index is 0.198. The predicted molar refractivity (Wildman–Crippen MR) is 106 cm³/mol. The first-order chi connectivity index (χ1) is 13.0. The lowest BCUT2D eigenvalue weighted by atomic mass is 10.2. The normalized spacial score (nSPS) is 12.7. The molecule has 1 aliphatic rings. The second-order valence-corrected chi connectivity index (χ2v) is 7.67. The summed E-state index contributed by atoms with van der Waals surface area (Å²) in [6, 6.07) is 14.1. The molecule has 7 heteroatoms. The van der Waals surface area contributed by atoms with Crippen molar-refractivity contribution in [2.75, 3.05) is 16.8 Å². The van der Waals surface area contributed by atoms with Gasteiger partial charge in [-0.3, -0.25) is 9.59 Å². The van der Waals surface area contributed by atoms with Gasteiger partial charge in [0.05, 0.1) is 10.6 Å². The van der Waals surface area contributed by atoms with Crippen LogP contribution in [0.1, 0.15) is 24.9 Å². The summed E-state index contributed by atoms with van der Waals surface area (Å²) in [6.07, 6.45) is 0.696. The van der Waals surface area contributed by atoms with Crippen LogP contribution in [0.4, 0.5) is 15.8 Å². The number of anilines is 2. The van der Waals surface area contributed by atoms with Crippen LogP contribution < -0.4 is 10.2 Å². The molecular weight excluding hydrogens is 387 g/mol. The average molecular weight is 401 g/mol. The maximum absolute atomic E-state index is 13.1. The standard InChI is InChI=1S/C20H14ClFN2O2S/c21-13-3-7-15(8-4-13)23-19(25)18-11-16-17(27-18)9-10-24(16)20(26)12-1-5-14(22)6-2-12/h1-8,11H,9-10H2,(H,23,25). The van der Waals surface area contributed by atoms with Crippen LogP contribution >= 0.6 is 22.9 Å². The van der Waals surface area contributed by atoms with Gasteiger partial charge in [0.15, 0.2) is 0 Å². The predicted octanol–water partition coefficient (Wildman–Crippen LogP) is 5.00. The first-order valence-corrected chi connectivity index (χ1v) is 9.48. The Balaban J connectivity index is 1.53. The molecule has 0 radical (unpaired) electrons. The van der Waals surface area contributed by atoms with E-state index in [-0.39, 0.29) is 17.6 Å². The smallest absolute Gasteiger partial charge is 0.265 e. The van der Waals surface area contributed by atoms with Gasteiger partial charge in [0.25, 0.3) is 11.8 Å². The molecule has 2 amide bonds. The van der Waals surface area contributed by atoms with Crippen molar-refractivity contribution in [1.29, 1.82) is 0 Å². The first kappa shape index (κ1) is 17.7. The molecule has 2 aromatic carbocycles. The fourth-order valence-electron chi connectivity index (χ4n) is 2.96. The van der Waals surface area contributed by atoms with Gasteiger partial charge in [-0.1, -0.05) is 11.6 Å². The molecule has 0 bridgehead atoms. The van der Waals surface area contributed by atoms with Crippen molar-refractivity contribution in [3.63, 3.8) is 0 Å². The van der Waals surface area contributed by atoms with Gasteiger partial charge in [0.2, 0.25) is 0 Å². The van der Waals surface area contributed by atoms with E-state index < -0.39 is 0 Å². The van der Waals surface area contributed by atoms with Crippen molar-refractivity contribution in [3.8, 4) is 0 Å². The largest absolute Gasteiger partial charge is 0.321 e. The van der Waals surface area contributed by atoms with Gasteiger partial charge in [-0.15, -0.1) is 11.3 Å². The molecule has 0 unspecified atom stereocenters. The van der Waals surface area contributed by atoms with Crippen molar-refractivity contribution < 1.29 is 14.0 Å². The summed E-state index contributed by atoms with van der Waals surface area (Å²) < 4.78 is 13.1. The molecule has 0 saturated heterocycles. The number of rotatable bonds is 3. The fourth-order valence-corrected chi connectivity index (χ4v) is 4.13. The molecule has 1 aromatic heterocycles. The zero-order valence-electron chi connectivity index (χ0n) is 14.0. The number of nitrogens with one attached hydrogen (secondary N) is 1. The van der Waals surface area contributed by atoms with Gasteiger partial charge in [0, 0.05) is 34.1 Å². The van der Waals surface area contributed by atoms with E-state index in [0.29, 0.717) is 34.1 Å². The summed E-state index contributed by atoms with van der Waals surface area (Å²) in [6.45, 7) is 0.552.